The average Bonchev–Trinajstić information content (AvgIpc) is 3.45. The van der Waals surface area contributed by atoms with Gasteiger partial charge in [-0.05, 0) is 148 Å². The number of carbonyl (C=O) groups is 3. The largest absolute Gasteiger partial charge is 0.462 e. The van der Waals surface area contributed by atoms with Crippen molar-refractivity contribution in [3.8, 4) is 0 Å². The highest BCUT2D eigenvalue weighted by Gasteiger charge is 2.19. The van der Waals surface area contributed by atoms with E-state index in [1.165, 1.54) is 64.2 Å². The molecule has 6 heteroatoms. The molecule has 0 rings (SSSR count). The quantitative estimate of drug-likeness (QED) is 0.0261. The predicted octanol–water partition coefficient (Wildman–Crippen LogP) is 22.3. The molecule has 1 atom stereocenters. The Labute approximate surface area is 487 Å². The van der Waals surface area contributed by atoms with E-state index in [0.717, 1.165) is 173 Å². The van der Waals surface area contributed by atoms with Crippen LogP contribution in [0.25, 0.3) is 0 Å². The van der Waals surface area contributed by atoms with Crippen LogP contribution < -0.4 is 0 Å². The fraction of sp³-hybridized carbons (Fsp3) is 0.630. The van der Waals surface area contributed by atoms with Gasteiger partial charge in [0.25, 0.3) is 0 Å². The van der Waals surface area contributed by atoms with Crippen LogP contribution in [0.1, 0.15) is 278 Å². The molecule has 0 radical (unpaired) electrons. The first-order valence-electron chi connectivity index (χ1n) is 32.3. The van der Waals surface area contributed by atoms with Crippen LogP contribution in [-0.2, 0) is 28.6 Å². The Kier molecular flexibility index (Phi) is 61.9. The summed E-state index contributed by atoms with van der Waals surface area (Å²) in [7, 11) is 0. The molecule has 0 saturated carbocycles. The van der Waals surface area contributed by atoms with Crippen LogP contribution >= 0.6 is 0 Å². The van der Waals surface area contributed by atoms with E-state index >= 15 is 0 Å². The minimum Gasteiger partial charge on any atom is -0.462 e. The molecule has 0 aliphatic heterocycles. The highest BCUT2D eigenvalue weighted by Crippen LogP contribution is 2.14. The van der Waals surface area contributed by atoms with E-state index in [9.17, 15) is 14.4 Å². The summed E-state index contributed by atoms with van der Waals surface area (Å²) in [6.45, 7) is 6.45. The fourth-order valence-corrected chi connectivity index (χ4v) is 8.46. The van der Waals surface area contributed by atoms with E-state index in [1.54, 1.807) is 0 Å². The van der Waals surface area contributed by atoms with Gasteiger partial charge in [0.2, 0.25) is 0 Å². The third kappa shape index (κ3) is 64.0. The van der Waals surface area contributed by atoms with Gasteiger partial charge in [-0.1, -0.05) is 256 Å². The molecule has 0 aromatic carbocycles. The van der Waals surface area contributed by atoms with Crippen LogP contribution in [0.3, 0.4) is 0 Å². The molecule has 0 aliphatic carbocycles. The maximum atomic E-state index is 12.9. The second-order valence-electron chi connectivity index (χ2n) is 20.9. The van der Waals surface area contributed by atoms with E-state index in [1.807, 2.05) is 0 Å². The zero-order chi connectivity index (χ0) is 57.1. The number of esters is 3. The Morgan fingerprint density at radius 2 is 0.494 bits per heavy atom. The molecule has 1 unspecified atom stereocenters. The number of hydrogen-bond acceptors (Lipinski definition) is 6. The summed E-state index contributed by atoms with van der Waals surface area (Å²) < 4.78 is 16.9. The number of carbonyl (C=O) groups excluding carboxylic acids is 3. The standard InChI is InChI=1S/C73H118O6/c1-4-7-10-13-16-19-22-25-27-29-30-31-32-33-34-35-36-37-38-39-40-41-42-43-44-45-47-48-51-54-57-60-63-66-72(75)78-69-70(68-77-71(74)65-62-59-56-53-50-24-21-18-15-12-9-6-3)79-73(76)67-64-61-58-55-52-49-46-28-26-23-20-17-14-11-8-5-2/h7,10,16,18-21,23,25,27-28,30-31,33-34,36-37,39-40,42-43,45-47,70H,4-6,8-9,11-15,17,22,24,26,29,32,35,38,41,44,48-69H2,1-3H3/b10-7-,19-16-,21-18-,23-20-,27-25-,31-30-,34-33-,37-36-,40-39-,43-42-,46-28-,47-45-. The van der Waals surface area contributed by atoms with Gasteiger partial charge in [-0.3, -0.25) is 14.4 Å². The van der Waals surface area contributed by atoms with Gasteiger partial charge in [0.05, 0.1) is 0 Å². The SMILES string of the molecule is CC/C=C\C/C=C\C/C=C\C/C=C\C/C=C\C/C=C\C/C=C\C/C=C\C/C=C\CCCCCCCC(=O)OCC(COC(=O)CCCCCCC/C=C\CCCCC)OC(=O)CCCCCCC/C=C\C/C=C\CCCCCC. The van der Waals surface area contributed by atoms with Crippen LogP contribution in [0, 0.1) is 0 Å². The van der Waals surface area contributed by atoms with E-state index in [-0.39, 0.29) is 31.1 Å². The molecule has 0 bridgehead atoms. The summed E-state index contributed by atoms with van der Waals surface area (Å²) in [5.74, 6) is -0.942. The summed E-state index contributed by atoms with van der Waals surface area (Å²) in [6.07, 6.45) is 94.2. The Bertz CT molecular complexity index is 1730. The van der Waals surface area contributed by atoms with Crippen molar-refractivity contribution in [3.63, 3.8) is 0 Å². The van der Waals surface area contributed by atoms with Crippen molar-refractivity contribution in [2.45, 2.75) is 284 Å². The second-order valence-corrected chi connectivity index (χ2v) is 20.9. The molecule has 0 saturated heterocycles. The highest BCUT2D eigenvalue weighted by molar-refractivity contribution is 5.71. The number of unbranched alkanes of at least 4 members (excludes halogenated alkanes) is 22. The maximum absolute atomic E-state index is 12.9. The van der Waals surface area contributed by atoms with Crippen LogP contribution in [-0.4, -0.2) is 37.2 Å². The van der Waals surface area contributed by atoms with Crippen LogP contribution in [0.5, 0.6) is 0 Å². The lowest BCUT2D eigenvalue weighted by Gasteiger charge is -2.18. The fourth-order valence-electron chi connectivity index (χ4n) is 8.46. The molecule has 0 aliphatic rings. The van der Waals surface area contributed by atoms with Crippen LogP contribution in [0.4, 0.5) is 0 Å². The minimum atomic E-state index is -0.803. The van der Waals surface area contributed by atoms with Gasteiger partial charge in [-0.25, -0.2) is 0 Å². The zero-order valence-corrected chi connectivity index (χ0v) is 51.1. The van der Waals surface area contributed by atoms with Gasteiger partial charge in [-0.15, -0.1) is 0 Å². The van der Waals surface area contributed by atoms with Crippen molar-refractivity contribution in [2.75, 3.05) is 13.2 Å². The van der Waals surface area contributed by atoms with Crippen LogP contribution in [0.2, 0.25) is 0 Å². The lowest BCUT2D eigenvalue weighted by molar-refractivity contribution is -0.167. The molecular weight excluding hydrogens is 973 g/mol. The zero-order valence-electron chi connectivity index (χ0n) is 51.1. The molecule has 0 aromatic heterocycles. The van der Waals surface area contributed by atoms with E-state index in [2.05, 4.69) is 167 Å². The molecule has 0 spiro atoms. The second kappa shape index (κ2) is 65.8. The maximum Gasteiger partial charge on any atom is 0.306 e. The molecular formula is C73H118O6. The first-order chi connectivity index (χ1) is 39.0. The van der Waals surface area contributed by atoms with E-state index in [0.29, 0.717) is 19.3 Å². The Morgan fingerprint density at radius 3 is 0.810 bits per heavy atom. The topological polar surface area (TPSA) is 78.9 Å². The molecule has 0 fully saturated rings. The van der Waals surface area contributed by atoms with Crippen molar-refractivity contribution in [1.82, 2.24) is 0 Å². The summed E-state index contributed by atoms with van der Waals surface area (Å²) in [5.41, 5.74) is 0. The molecule has 0 aromatic rings. The van der Waals surface area contributed by atoms with Gasteiger partial charge >= 0.3 is 17.9 Å². The summed E-state index contributed by atoms with van der Waals surface area (Å²) >= 11 is 0. The lowest BCUT2D eigenvalue weighted by Crippen LogP contribution is -2.30. The van der Waals surface area contributed by atoms with Crippen molar-refractivity contribution in [2.24, 2.45) is 0 Å². The van der Waals surface area contributed by atoms with E-state index in [4.69, 9.17) is 14.2 Å². The summed E-state index contributed by atoms with van der Waals surface area (Å²) in [6, 6.07) is 0. The van der Waals surface area contributed by atoms with Crippen molar-refractivity contribution in [3.05, 3.63) is 146 Å². The number of rotatable bonds is 57. The van der Waals surface area contributed by atoms with Gasteiger partial charge in [0, 0.05) is 19.3 Å². The first kappa shape index (κ1) is 74.3. The molecule has 0 heterocycles. The predicted molar refractivity (Wildman–Crippen MR) is 343 cm³/mol. The average molecular weight is 1090 g/mol. The van der Waals surface area contributed by atoms with Gasteiger partial charge in [0.1, 0.15) is 13.2 Å². The smallest absolute Gasteiger partial charge is 0.306 e. The molecule has 79 heavy (non-hydrogen) atoms. The molecule has 446 valence electrons. The third-order valence-electron chi connectivity index (χ3n) is 13.3. The van der Waals surface area contributed by atoms with Crippen molar-refractivity contribution >= 4 is 17.9 Å². The minimum absolute atomic E-state index is 0.0981. The molecule has 0 N–H and O–H groups in total. The Hall–Kier alpha value is -4.71. The third-order valence-corrected chi connectivity index (χ3v) is 13.3. The molecule has 6 nitrogen and oxygen atoms in total. The Morgan fingerprint density at radius 1 is 0.266 bits per heavy atom. The van der Waals surface area contributed by atoms with Gasteiger partial charge < -0.3 is 14.2 Å². The normalized spacial score (nSPS) is 13.1. The van der Waals surface area contributed by atoms with Gasteiger partial charge in [-0.2, -0.15) is 0 Å². The first-order valence-corrected chi connectivity index (χ1v) is 32.3. The summed E-state index contributed by atoms with van der Waals surface area (Å²) in [4.78, 5) is 38.2. The monoisotopic (exact) mass is 1090 g/mol. The number of hydrogen-bond donors (Lipinski definition) is 0. The Balaban J connectivity index is 4.34. The highest BCUT2D eigenvalue weighted by atomic mass is 16.6. The van der Waals surface area contributed by atoms with Gasteiger partial charge in [0.15, 0.2) is 6.10 Å². The van der Waals surface area contributed by atoms with Crippen LogP contribution in [0.15, 0.2) is 146 Å². The van der Waals surface area contributed by atoms with Crippen molar-refractivity contribution < 1.29 is 28.6 Å². The van der Waals surface area contributed by atoms with E-state index < -0.39 is 6.10 Å². The lowest BCUT2D eigenvalue weighted by atomic mass is 10.1. The number of ether oxygens (including phenoxy) is 3. The molecule has 0 amide bonds. The van der Waals surface area contributed by atoms with Crippen molar-refractivity contribution in [1.29, 1.82) is 0 Å². The number of allylic oxidation sites excluding steroid dienone is 24. The summed E-state index contributed by atoms with van der Waals surface area (Å²) in [5, 5.41) is 0.